The predicted molar refractivity (Wildman–Crippen MR) is 200 cm³/mol. The Kier molecular flexibility index (Phi) is 6.56. The molecule has 0 fully saturated rings. The van der Waals surface area contributed by atoms with Crippen molar-refractivity contribution in [2.24, 2.45) is 0 Å². The molecule has 0 amide bonds. The van der Waals surface area contributed by atoms with Crippen molar-refractivity contribution in [3.8, 4) is 51.8 Å². The largest absolute Gasteiger partial charge is 0.309 e. The summed E-state index contributed by atoms with van der Waals surface area (Å²) in [5.74, 6) is 0. The molecule has 0 atom stereocenters. The van der Waals surface area contributed by atoms with Gasteiger partial charge in [-0.05, 0) is 89.5 Å². The number of nitrogens with zero attached hydrogens (tertiary/aromatic N) is 5. The minimum Gasteiger partial charge on any atom is -0.309 e. The Balaban J connectivity index is 1.17. The summed E-state index contributed by atoms with van der Waals surface area (Å²) in [6, 6.07) is 57.9. The van der Waals surface area contributed by atoms with Crippen molar-refractivity contribution >= 4 is 43.6 Å². The number of para-hydroxylation sites is 2. The molecule has 0 saturated carbocycles. The molecule has 5 heteroatoms. The Bertz CT molecular complexity index is 2960. The fraction of sp³-hybridized carbons (Fsp3) is 0. The van der Waals surface area contributed by atoms with Gasteiger partial charge in [0.05, 0.1) is 62.7 Å². The van der Waals surface area contributed by atoms with Gasteiger partial charge in [0.1, 0.15) is 0 Å². The van der Waals surface area contributed by atoms with E-state index in [1.54, 1.807) is 0 Å². The van der Waals surface area contributed by atoms with Crippen molar-refractivity contribution in [3.05, 3.63) is 168 Å². The summed E-state index contributed by atoms with van der Waals surface area (Å²) in [7, 11) is 0. The maximum Gasteiger partial charge on any atom is 0.0992 e. The first kappa shape index (κ1) is 28.8. The van der Waals surface area contributed by atoms with Gasteiger partial charge in [-0.15, -0.1) is 0 Å². The summed E-state index contributed by atoms with van der Waals surface area (Å²) in [6.07, 6.45) is 0. The summed E-state index contributed by atoms with van der Waals surface area (Å²) < 4.78 is 4.42. The molecule has 0 spiro atoms. The molecule has 0 N–H and O–H groups in total. The summed E-state index contributed by atoms with van der Waals surface area (Å²) >= 11 is 0. The number of fused-ring (bicyclic) bond motifs is 6. The Morgan fingerprint density at radius 3 is 1.70 bits per heavy atom. The molecule has 9 rings (SSSR count). The van der Waals surface area contributed by atoms with Crippen molar-refractivity contribution in [2.45, 2.75) is 0 Å². The van der Waals surface area contributed by atoms with Crippen LogP contribution in [0.3, 0.4) is 0 Å². The molecule has 0 saturated heterocycles. The Morgan fingerprint density at radius 2 is 0.940 bits per heavy atom. The quantitative estimate of drug-likeness (QED) is 0.193. The third kappa shape index (κ3) is 4.45. The standard InChI is InChI=1S/C45H25N5/c46-26-29-14-21-43-40(22-29)38-9-2-4-11-42(38)50(43)44-23-30(27-47)12-19-36(44)34-7-5-6-33(25-34)32-15-17-35(18-16-32)49-41-10-3-1-8-37(41)39-20-13-31(28-48)24-45(39)49/h1-25H. The maximum atomic E-state index is 9.93. The van der Waals surface area contributed by atoms with Gasteiger partial charge >= 0.3 is 0 Å². The third-order valence-corrected chi connectivity index (χ3v) is 9.60. The van der Waals surface area contributed by atoms with Crippen LogP contribution in [0.4, 0.5) is 0 Å². The second kappa shape index (κ2) is 11.4. The number of hydrogen-bond donors (Lipinski definition) is 0. The lowest BCUT2D eigenvalue weighted by Crippen LogP contribution is -1.98. The SMILES string of the molecule is N#Cc1ccc(-c2cccc(-c3ccc(-n4c5ccccc5c5ccc(C#N)cc54)cc3)c2)c(-n2c3ccccc3c3cc(C#N)ccc32)c1. The summed E-state index contributed by atoms with van der Waals surface area (Å²) in [6.45, 7) is 0. The smallest absolute Gasteiger partial charge is 0.0992 e. The minimum atomic E-state index is 0.571. The second-order valence-electron chi connectivity index (χ2n) is 12.4. The van der Waals surface area contributed by atoms with Gasteiger partial charge in [0.2, 0.25) is 0 Å². The number of hydrogen-bond acceptors (Lipinski definition) is 3. The van der Waals surface area contributed by atoms with Crippen LogP contribution in [0, 0.1) is 34.0 Å². The van der Waals surface area contributed by atoms with Crippen LogP contribution in [0.25, 0.3) is 77.2 Å². The molecule has 50 heavy (non-hydrogen) atoms. The van der Waals surface area contributed by atoms with Crippen LogP contribution in [0.1, 0.15) is 16.7 Å². The zero-order valence-corrected chi connectivity index (χ0v) is 26.7. The Labute approximate surface area is 287 Å². The van der Waals surface area contributed by atoms with Crippen molar-refractivity contribution in [1.29, 1.82) is 15.8 Å². The first-order valence-electron chi connectivity index (χ1n) is 16.3. The lowest BCUT2D eigenvalue weighted by atomic mass is 9.96. The molecule has 2 aromatic heterocycles. The fourth-order valence-electron chi connectivity index (χ4n) is 7.32. The Hall–Kier alpha value is -7.39. The van der Waals surface area contributed by atoms with Crippen LogP contribution in [0.2, 0.25) is 0 Å². The molecule has 9 aromatic rings. The van der Waals surface area contributed by atoms with Crippen LogP contribution in [0.5, 0.6) is 0 Å². The summed E-state index contributed by atoms with van der Waals surface area (Å²) in [5.41, 5.74) is 12.0. The topological polar surface area (TPSA) is 81.2 Å². The van der Waals surface area contributed by atoms with Gasteiger partial charge in [-0.3, -0.25) is 0 Å². The molecule has 0 unspecified atom stereocenters. The van der Waals surface area contributed by atoms with Gasteiger partial charge in [-0.1, -0.05) is 78.9 Å². The zero-order chi connectivity index (χ0) is 33.8. The first-order valence-corrected chi connectivity index (χ1v) is 16.3. The van der Waals surface area contributed by atoms with E-state index >= 15 is 0 Å². The normalized spacial score (nSPS) is 11.1. The van der Waals surface area contributed by atoms with E-state index in [4.69, 9.17) is 0 Å². The predicted octanol–water partition coefficient (Wildman–Crippen LogP) is 10.8. The highest BCUT2D eigenvalue weighted by Crippen LogP contribution is 2.38. The lowest BCUT2D eigenvalue weighted by molar-refractivity contribution is 1.18. The molecule has 0 radical (unpaired) electrons. The van der Waals surface area contributed by atoms with Crippen molar-refractivity contribution < 1.29 is 0 Å². The molecule has 0 aliphatic heterocycles. The summed E-state index contributed by atoms with van der Waals surface area (Å²) in [5, 5.41) is 33.5. The molecule has 0 aliphatic rings. The first-order chi connectivity index (χ1) is 24.6. The van der Waals surface area contributed by atoms with E-state index in [-0.39, 0.29) is 0 Å². The third-order valence-electron chi connectivity index (χ3n) is 9.60. The average molecular weight is 636 g/mol. The van der Waals surface area contributed by atoms with Gasteiger partial charge in [-0.25, -0.2) is 0 Å². The van der Waals surface area contributed by atoms with E-state index in [0.29, 0.717) is 16.7 Å². The molecular formula is C45H25N5. The van der Waals surface area contributed by atoms with Gasteiger partial charge in [0.15, 0.2) is 0 Å². The molecule has 0 aliphatic carbocycles. The van der Waals surface area contributed by atoms with Gasteiger partial charge in [-0.2, -0.15) is 15.8 Å². The molecule has 7 aromatic carbocycles. The van der Waals surface area contributed by atoms with E-state index in [1.807, 2.05) is 78.9 Å². The molecule has 2 heterocycles. The van der Waals surface area contributed by atoms with Crippen LogP contribution in [-0.4, -0.2) is 9.13 Å². The monoisotopic (exact) mass is 635 g/mol. The van der Waals surface area contributed by atoms with Gasteiger partial charge in [0.25, 0.3) is 0 Å². The number of benzene rings is 7. The average Bonchev–Trinajstić information content (AvgIpc) is 3.69. The van der Waals surface area contributed by atoms with Crippen molar-refractivity contribution in [2.75, 3.05) is 0 Å². The molecule has 230 valence electrons. The van der Waals surface area contributed by atoms with Crippen LogP contribution in [-0.2, 0) is 0 Å². The Morgan fingerprint density at radius 1 is 0.360 bits per heavy atom. The highest BCUT2D eigenvalue weighted by molar-refractivity contribution is 6.11. The number of rotatable bonds is 4. The minimum absolute atomic E-state index is 0.571. The van der Waals surface area contributed by atoms with Gasteiger partial charge in [0, 0.05) is 32.8 Å². The molecule has 0 bridgehead atoms. The maximum absolute atomic E-state index is 9.93. The van der Waals surface area contributed by atoms with E-state index in [0.717, 1.165) is 77.2 Å². The highest BCUT2D eigenvalue weighted by atomic mass is 15.0. The highest BCUT2D eigenvalue weighted by Gasteiger charge is 2.18. The lowest BCUT2D eigenvalue weighted by Gasteiger charge is -2.16. The zero-order valence-electron chi connectivity index (χ0n) is 26.7. The number of aromatic nitrogens is 2. The molecular weight excluding hydrogens is 611 g/mol. The summed E-state index contributed by atoms with van der Waals surface area (Å²) in [4.78, 5) is 0. The van der Waals surface area contributed by atoms with Crippen molar-refractivity contribution in [1.82, 2.24) is 9.13 Å². The van der Waals surface area contributed by atoms with E-state index in [9.17, 15) is 15.8 Å². The van der Waals surface area contributed by atoms with Crippen LogP contribution in [0.15, 0.2) is 152 Å². The van der Waals surface area contributed by atoms with Crippen LogP contribution < -0.4 is 0 Å². The van der Waals surface area contributed by atoms with Crippen LogP contribution >= 0.6 is 0 Å². The molecule has 5 nitrogen and oxygen atoms in total. The van der Waals surface area contributed by atoms with E-state index in [1.165, 1.54) is 0 Å². The second-order valence-corrected chi connectivity index (χ2v) is 12.4. The van der Waals surface area contributed by atoms with Crippen molar-refractivity contribution in [3.63, 3.8) is 0 Å². The van der Waals surface area contributed by atoms with Gasteiger partial charge < -0.3 is 9.13 Å². The fourth-order valence-corrected chi connectivity index (χ4v) is 7.32. The number of nitriles is 3. The van der Waals surface area contributed by atoms with E-state index < -0.39 is 0 Å². The van der Waals surface area contributed by atoms with E-state index in [2.05, 4.69) is 100 Å².